The van der Waals surface area contributed by atoms with Gasteiger partial charge in [0.1, 0.15) is 0 Å². The van der Waals surface area contributed by atoms with Gasteiger partial charge in [-0.2, -0.15) is 0 Å². The maximum Gasteiger partial charge on any atom is 0.212 e. The highest BCUT2D eigenvalue weighted by Gasteiger charge is 2.09. The highest BCUT2D eigenvalue weighted by molar-refractivity contribution is 5.51. The van der Waals surface area contributed by atoms with E-state index in [0.717, 1.165) is 0 Å². The molecule has 0 aromatic carbocycles. The Hall–Kier alpha value is -2.16. The zero-order valence-electron chi connectivity index (χ0n) is 7.75. The van der Waals surface area contributed by atoms with Crippen LogP contribution >= 0.6 is 0 Å². The fraction of sp³-hybridized carbons (Fsp3) is 0.333. The molecule has 9 heteroatoms. The second-order valence-corrected chi connectivity index (χ2v) is 2.67. The normalized spacial score (nSPS) is 11.9. The highest BCUT2D eigenvalue weighted by atomic mass is 16.5. The first-order chi connectivity index (χ1) is 7.00. The maximum absolute atomic E-state index is 9.40. The van der Waals surface area contributed by atoms with E-state index in [4.69, 9.17) is 22.0 Å². The third kappa shape index (κ3) is 1.72. The van der Waals surface area contributed by atoms with Crippen molar-refractivity contribution in [1.29, 1.82) is 5.41 Å². The summed E-state index contributed by atoms with van der Waals surface area (Å²) in [5, 5.41) is 34.6. The minimum absolute atomic E-state index is 0.0319. The summed E-state index contributed by atoms with van der Waals surface area (Å²) in [6, 6.07) is 0. The van der Waals surface area contributed by atoms with E-state index in [0.29, 0.717) is 4.73 Å². The molecule has 15 heavy (non-hydrogen) atoms. The molecule has 0 saturated heterocycles. The van der Waals surface area contributed by atoms with E-state index in [2.05, 4.69) is 4.99 Å². The molecule has 1 heterocycles. The lowest BCUT2D eigenvalue weighted by Gasteiger charge is -2.09. The number of hydrogen-bond acceptors (Lipinski definition) is 7. The van der Waals surface area contributed by atoms with Crippen molar-refractivity contribution in [3.05, 3.63) is 11.0 Å². The zero-order valence-corrected chi connectivity index (χ0v) is 7.75. The van der Waals surface area contributed by atoms with Gasteiger partial charge in [-0.15, -0.1) is 9.46 Å². The molecule has 1 aromatic rings. The Morgan fingerprint density at radius 3 is 2.27 bits per heavy atom. The Bertz CT molecular complexity index is 487. The molecule has 1 rings (SSSR count). The van der Waals surface area contributed by atoms with Crippen molar-refractivity contribution in [3.8, 4) is 0 Å². The van der Waals surface area contributed by atoms with Crippen LogP contribution in [-0.2, 0) is 0 Å². The number of rotatable bonds is 2. The van der Waals surface area contributed by atoms with Crippen LogP contribution < -0.4 is 22.4 Å². The molecule has 0 unspecified atom stereocenters. The van der Waals surface area contributed by atoms with Gasteiger partial charge in [0.05, 0.1) is 13.2 Å². The van der Waals surface area contributed by atoms with E-state index in [9.17, 15) is 10.4 Å². The Labute approximate surface area is 83.6 Å². The Morgan fingerprint density at radius 1 is 1.20 bits per heavy atom. The third-order valence-corrected chi connectivity index (χ3v) is 1.70. The summed E-state index contributed by atoms with van der Waals surface area (Å²) < 4.78 is 0.665. The molecule has 0 aliphatic carbocycles. The average Bonchev–Trinajstić information content (AvgIpc) is 2.24. The van der Waals surface area contributed by atoms with Gasteiger partial charge in [0.15, 0.2) is 11.6 Å². The number of anilines is 2. The van der Waals surface area contributed by atoms with Crippen LogP contribution in [0.3, 0.4) is 0 Å². The number of nitrogens with two attached hydrogens (primary N) is 2. The van der Waals surface area contributed by atoms with Crippen molar-refractivity contribution in [1.82, 2.24) is 9.46 Å². The molecule has 0 amide bonds. The number of nitrogen functional groups attached to an aromatic ring is 2. The molecule has 0 bridgehead atoms. The van der Waals surface area contributed by atoms with Gasteiger partial charge < -0.3 is 27.0 Å². The minimum Gasteiger partial charge on any atom is -0.425 e. The fourth-order valence-electron chi connectivity index (χ4n) is 0.944. The Balaban J connectivity index is 3.61. The van der Waals surface area contributed by atoms with E-state index >= 15 is 0 Å². The van der Waals surface area contributed by atoms with Gasteiger partial charge in [-0.05, 0) is 0 Å². The van der Waals surface area contributed by atoms with Gasteiger partial charge in [-0.25, -0.2) is 0 Å². The number of aromatic nitrogens is 2. The third-order valence-electron chi connectivity index (χ3n) is 1.70. The summed E-state index contributed by atoms with van der Waals surface area (Å²) in [4.78, 5) is 3.65. The van der Waals surface area contributed by atoms with E-state index in [1.54, 1.807) is 0 Å². The predicted octanol–water partition coefficient (Wildman–Crippen LogP) is -2.70. The van der Waals surface area contributed by atoms with Crippen molar-refractivity contribution in [3.63, 3.8) is 0 Å². The van der Waals surface area contributed by atoms with Gasteiger partial charge >= 0.3 is 0 Å². The van der Waals surface area contributed by atoms with Crippen LogP contribution in [0.1, 0.15) is 0 Å². The number of nitrogens with one attached hydrogen (secondary N) is 1. The molecule has 0 radical (unpaired) electrons. The van der Waals surface area contributed by atoms with Crippen LogP contribution in [0, 0.1) is 5.41 Å². The van der Waals surface area contributed by atoms with Crippen LogP contribution in [0.15, 0.2) is 4.99 Å². The van der Waals surface area contributed by atoms with Crippen molar-refractivity contribution in [2.75, 3.05) is 24.6 Å². The average molecular weight is 216 g/mol. The second-order valence-electron chi connectivity index (χ2n) is 2.67. The lowest BCUT2D eigenvalue weighted by atomic mass is 10.5. The van der Waals surface area contributed by atoms with E-state index in [1.807, 2.05) is 0 Å². The lowest BCUT2D eigenvalue weighted by Crippen LogP contribution is -2.43. The SMILES string of the molecule is N=c1c(=NCCO)n(O)c(N)c(N)n1O. The first-order valence-electron chi connectivity index (χ1n) is 3.98. The van der Waals surface area contributed by atoms with Gasteiger partial charge in [0.25, 0.3) is 0 Å². The smallest absolute Gasteiger partial charge is 0.212 e. The summed E-state index contributed by atoms with van der Waals surface area (Å²) in [6.07, 6.45) is 0. The summed E-state index contributed by atoms with van der Waals surface area (Å²) in [5.41, 5.74) is 9.78. The van der Waals surface area contributed by atoms with Gasteiger partial charge in [-0.3, -0.25) is 10.4 Å². The highest BCUT2D eigenvalue weighted by Crippen LogP contribution is 2.04. The molecule has 0 aliphatic heterocycles. The number of nitrogens with zero attached hydrogens (tertiary/aromatic N) is 3. The summed E-state index contributed by atoms with van der Waals surface area (Å²) >= 11 is 0. The number of aliphatic hydroxyl groups excluding tert-OH is 1. The zero-order chi connectivity index (χ0) is 11.6. The monoisotopic (exact) mass is 216 g/mol. The number of aliphatic hydroxyl groups is 1. The van der Waals surface area contributed by atoms with Crippen LogP contribution in [-0.4, -0.2) is 38.1 Å². The van der Waals surface area contributed by atoms with Gasteiger partial charge in [-0.1, -0.05) is 0 Å². The van der Waals surface area contributed by atoms with E-state index in [-0.39, 0.29) is 35.0 Å². The topological polar surface area (TPSA) is 159 Å². The van der Waals surface area contributed by atoms with Crippen molar-refractivity contribution in [2.45, 2.75) is 0 Å². The van der Waals surface area contributed by atoms with E-state index < -0.39 is 5.49 Å². The predicted molar refractivity (Wildman–Crippen MR) is 49.0 cm³/mol. The largest absolute Gasteiger partial charge is 0.425 e. The molecule has 1 aromatic heterocycles. The standard InChI is InChI=1S/C6H12N6O3/c7-3-4(8)12(15)6(10-1-2-13)5(9)11(3)14/h9,13-15H,1-2,7-8H2. The molecular weight excluding hydrogens is 204 g/mol. The summed E-state index contributed by atoms with van der Waals surface area (Å²) in [5.74, 6) is -0.712. The van der Waals surface area contributed by atoms with Crippen molar-refractivity contribution in [2.24, 2.45) is 4.99 Å². The molecule has 9 nitrogen and oxygen atoms in total. The Morgan fingerprint density at radius 2 is 1.73 bits per heavy atom. The summed E-state index contributed by atoms with van der Waals surface area (Å²) in [6.45, 7) is -0.287. The van der Waals surface area contributed by atoms with Crippen LogP contribution in [0.5, 0.6) is 0 Å². The lowest BCUT2D eigenvalue weighted by molar-refractivity contribution is 0.141. The van der Waals surface area contributed by atoms with Crippen LogP contribution in [0.2, 0.25) is 0 Å². The minimum atomic E-state index is -0.530. The molecule has 0 spiro atoms. The van der Waals surface area contributed by atoms with Crippen LogP contribution in [0.25, 0.3) is 0 Å². The number of hydrogen-bond donors (Lipinski definition) is 6. The summed E-state index contributed by atoms with van der Waals surface area (Å²) in [7, 11) is 0. The van der Waals surface area contributed by atoms with E-state index in [1.165, 1.54) is 0 Å². The van der Waals surface area contributed by atoms with Crippen molar-refractivity contribution >= 4 is 11.6 Å². The fourth-order valence-corrected chi connectivity index (χ4v) is 0.944. The molecule has 0 saturated carbocycles. The molecule has 84 valence electrons. The molecular formula is C6H12N6O3. The van der Waals surface area contributed by atoms with Crippen LogP contribution in [0.4, 0.5) is 11.6 Å². The molecule has 0 atom stereocenters. The Kier molecular flexibility index (Phi) is 2.85. The molecule has 0 aliphatic rings. The second kappa shape index (κ2) is 3.92. The first kappa shape index (κ1) is 10.9. The molecule has 8 N–H and O–H groups in total. The molecule has 0 fully saturated rings. The maximum atomic E-state index is 9.40. The van der Waals surface area contributed by atoms with Gasteiger partial charge in [0, 0.05) is 0 Å². The van der Waals surface area contributed by atoms with Gasteiger partial charge in [0.2, 0.25) is 11.0 Å². The first-order valence-corrected chi connectivity index (χ1v) is 3.98. The van der Waals surface area contributed by atoms with Crippen molar-refractivity contribution < 1.29 is 15.5 Å². The quantitative estimate of drug-likeness (QED) is 0.296.